The molecule has 0 aliphatic heterocycles. The molecule has 4 nitrogen and oxygen atoms in total. The van der Waals surface area contributed by atoms with Crippen molar-refractivity contribution in [3.05, 3.63) is 23.8 Å². The van der Waals surface area contributed by atoms with Crippen molar-refractivity contribution < 1.29 is 5.21 Å². The molecule has 3 atom stereocenters. The number of aromatic nitrogens is 2. The van der Waals surface area contributed by atoms with Gasteiger partial charge in [0, 0.05) is 5.92 Å². The summed E-state index contributed by atoms with van der Waals surface area (Å²) >= 11 is 1.72. The van der Waals surface area contributed by atoms with E-state index in [4.69, 9.17) is 0 Å². The summed E-state index contributed by atoms with van der Waals surface area (Å²) in [7, 11) is 0. The number of fused-ring (bicyclic) bond motifs is 3. The number of hydrogen-bond acceptors (Lipinski definition) is 4. The van der Waals surface area contributed by atoms with Gasteiger partial charge in [0.15, 0.2) is 5.16 Å². The van der Waals surface area contributed by atoms with Crippen molar-refractivity contribution in [3.63, 3.8) is 0 Å². The highest BCUT2D eigenvalue weighted by Gasteiger charge is 2.46. The van der Waals surface area contributed by atoms with Crippen LogP contribution in [0.1, 0.15) is 24.8 Å². The molecule has 2 bridgehead atoms. The van der Waals surface area contributed by atoms with Gasteiger partial charge < -0.3 is 10.2 Å². The van der Waals surface area contributed by atoms with Crippen LogP contribution in [0.25, 0.3) is 11.0 Å². The van der Waals surface area contributed by atoms with Crippen LogP contribution in [-0.4, -0.2) is 26.1 Å². The monoisotopic (exact) mass is 287 g/mol. The lowest BCUT2D eigenvalue weighted by Gasteiger charge is -2.20. The van der Waals surface area contributed by atoms with Gasteiger partial charge in [-0.1, -0.05) is 23.0 Å². The molecule has 2 aliphatic rings. The smallest absolute Gasteiger partial charge is 0.167 e. The van der Waals surface area contributed by atoms with E-state index in [0.29, 0.717) is 17.1 Å². The molecule has 0 amide bonds. The van der Waals surface area contributed by atoms with Gasteiger partial charge in [0.25, 0.3) is 0 Å². The fraction of sp³-hybridized carbons (Fsp3) is 0.467. The number of aryl methyl sites for hydroxylation is 1. The number of H-pyrrole nitrogens is 1. The number of nitrogens with zero attached hydrogens (tertiary/aromatic N) is 2. The second-order valence-corrected chi connectivity index (χ2v) is 7.03. The predicted octanol–water partition coefficient (Wildman–Crippen LogP) is 3.59. The third-order valence-corrected chi connectivity index (χ3v) is 5.88. The van der Waals surface area contributed by atoms with Crippen molar-refractivity contribution in [2.45, 2.75) is 36.6 Å². The topological polar surface area (TPSA) is 61.3 Å². The van der Waals surface area contributed by atoms with Crippen LogP contribution in [0.3, 0.4) is 0 Å². The molecule has 1 aromatic carbocycles. The second-order valence-electron chi connectivity index (χ2n) is 5.90. The summed E-state index contributed by atoms with van der Waals surface area (Å²) < 4.78 is 0. The van der Waals surface area contributed by atoms with Gasteiger partial charge in [-0.25, -0.2) is 4.98 Å². The van der Waals surface area contributed by atoms with E-state index in [-0.39, 0.29) is 0 Å². The number of imidazole rings is 1. The van der Waals surface area contributed by atoms with Crippen LogP contribution in [0.5, 0.6) is 0 Å². The molecule has 0 spiro atoms. The standard InChI is InChI=1S/C15H17N3OS/c1-8-2-5-11-12(6-8)17-15(16-11)20-14-10-4-3-9(7-10)13(14)18-19/h2,5-6,9-10,14,19H,3-4,7H2,1H3,(H,16,17)/b18-13+/t9-,10+,14+/m0/s1. The lowest BCUT2D eigenvalue weighted by molar-refractivity contribution is 0.314. The van der Waals surface area contributed by atoms with Crippen LogP contribution in [0.2, 0.25) is 0 Å². The van der Waals surface area contributed by atoms with Gasteiger partial charge in [-0.05, 0) is 49.8 Å². The average Bonchev–Trinajstić information content (AvgIpc) is 3.11. The summed E-state index contributed by atoms with van der Waals surface area (Å²) in [5.74, 6) is 1.14. The SMILES string of the molecule is Cc1ccc2nc(S[C@H]3/C(=N/O)[C@H]4CC[C@@H]3C4)[nH]c2c1. The van der Waals surface area contributed by atoms with Crippen molar-refractivity contribution in [1.29, 1.82) is 0 Å². The van der Waals surface area contributed by atoms with Crippen LogP contribution < -0.4 is 0 Å². The quantitative estimate of drug-likeness (QED) is 0.655. The van der Waals surface area contributed by atoms with E-state index in [1.54, 1.807) is 11.8 Å². The molecule has 20 heavy (non-hydrogen) atoms. The first kappa shape index (κ1) is 12.3. The Bertz CT molecular complexity index is 693. The number of thioether (sulfide) groups is 1. The maximum atomic E-state index is 9.26. The van der Waals surface area contributed by atoms with Crippen molar-refractivity contribution in [3.8, 4) is 0 Å². The molecule has 2 aliphatic carbocycles. The maximum absolute atomic E-state index is 9.26. The molecular weight excluding hydrogens is 270 g/mol. The van der Waals surface area contributed by atoms with Crippen molar-refractivity contribution in [1.82, 2.24) is 9.97 Å². The van der Waals surface area contributed by atoms with Crippen molar-refractivity contribution >= 4 is 28.5 Å². The predicted molar refractivity (Wildman–Crippen MR) is 80.5 cm³/mol. The third kappa shape index (κ3) is 1.84. The fourth-order valence-corrected chi connectivity index (χ4v) is 4.97. The number of oxime groups is 1. The number of benzene rings is 1. The number of nitrogens with one attached hydrogen (secondary N) is 1. The van der Waals surface area contributed by atoms with E-state index in [2.05, 4.69) is 34.2 Å². The number of hydrogen-bond donors (Lipinski definition) is 2. The van der Waals surface area contributed by atoms with Crippen LogP contribution in [-0.2, 0) is 0 Å². The molecule has 0 unspecified atom stereocenters. The Hall–Kier alpha value is -1.49. The summed E-state index contributed by atoms with van der Waals surface area (Å²) in [6.07, 6.45) is 3.61. The molecule has 1 aromatic heterocycles. The second kappa shape index (κ2) is 4.52. The molecular formula is C15H17N3OS. The third-order valence-electron chi connectivity index (χ3n) is 4.58. The maximum Gasteiger partial charge on any atom is 0.167 e. The highest BCUT2D eigenvalue weighted by Crippen LogP contribution is 2.49. The first-order valence-corrected chi connectivity index (χ1v) is 7.97. The van der Waals surface area contributed by atoms with E-state index in [9.17, 15) is 5.21 Å². The summed E-state index contributed by atoms with van der Waals surface area (Å²) in [6.45, 7) is 2.08. The van der Waals surface area contributed by atoms with E-state index in [0.717, 1.165) is 21.9 Å². The van der Waals surface area contributed by atoms with Gasteiger partial charge in [-0.2, -0.15) is 0 Å². The number of rotatable bonds is 2. The van der Waals surface area contributed by atoms with E-state index in [1.165, 1.54) is 24.8 Å². The Labute approximate surface area is 121 Å². The molecule has 1 heterocycles. The zero-order valence-electron chi connectivity index (χ0n) is 11.3. The molecule has 0 saturated heterocycles. The first-order chi connectivity index (χ1) is 9.74. The fourth-order valence-electron chi connectivity index (χ4n) is 3.61. The molecule has 2 aromatic rings. The Balaban J connectivity index is 1.64. The Morgan fingerprint density at radius 3 is 3.15 bits per heavy atom. The first-order valence-electron chi connectivity index (χ1n) is 7.09. The van der Waals surface area contributed by atoms with E-state index >= 15 is 0 Å². The van der Waals surface area contributed by atoms with Gasteiger partial charge in [-0.15, -0.1) is 0 Å². The average molecular weight is 287 g/mol. The summed E-state index contributed by atoms with van der Waals surface area (Å²) in [5.41, 5.74) is 4.29. The Morgan fingerprint density at radius 2 is 2.30 bits per heavy atom. The van der Waals surface area contributed by atoms with Gasteiger partial charge in [-0.3, -0.25) is 0 Å². The Morgan fingerprint density at radius 1 is 1.40 bits per heavy atom. The van der Waals surface area contributed by atoms with Crippen LogP contribution in [0.4, 0.5) is 0 Å². The minimum atomic E-state index is 0.292. The molecule has 2 fully saturated rings. The summed E-state index contributed by atoms with van der Waals surface area (Å²) in [4.78, 5) is 8.02. The minimum absolute atomic E-state index is 0.292. The lowest BCUT2D eigenvalue weighted by Crippen LogP contribution is -2.25. The van der Waals surface area contributed by atoms with Crippen molar-refractivity contribution in [2.75, 3.05) is 0 Å². The summed E-state index contributed by atoms with van der Waals surface area (Å²) in [6, 6.07) is 6.25. The molecule has 104 valence electrons. The highest BCUT2D eigenvalue weighted by atomic mass is 32.2. The molecule has 2 saturated carbocycles. The Kier molecular flexibility index (Phi) is 2.77. The van der Waals surface area contributed by atoms with Crippen LogP contribution >= 0.6 is 11.8 Å². The summed E-state index contributed by atoms with van der Waals surface area (Å²) in [5, 5.41) is 14.1. The van der Waals surface area contributed by atoms with Gasteiger partial charge in [0.1, 0.15) is 0 Å². The minimum Gasteiger partial charge on any atom is -0.411 e. The van der Waals surface area contributed by atoms with Gasteiger partial charge >= 0.3 is 0 Å². The zero-order chi connectivity index (χ0) is 13.7. The molecule has 0 radical (unpaired) electrons. The zero-order valence-corrected chi connectivity index (χ0v) is 12.2. The van der Waals surface area contributed by atoms with Crippen LogP contribution in [0.15, 0.2) is 28.5 Å². The van der Waals surface area contributed by atoms with Gasteiger partial charge in [0.2, 0.25) is 0 Å². The van der Waals surface area contributed by atoms with Crippen LogP contribution in [0, 0.1) is 18.8 Å². The lowest BCUT2D eigenvalue weighted by atomic mass is 9.98. The largest absolute Gasteiger partial charge is 0.411 e. The number of aromatic amines is 1. The highest BCUT2D eigenvalue weighted by molar-refractivity contribution is 8.00. The van der Waals surface area contributed by atoms with E-state index < -0.39 is 0 Å². The van der Waals surface area contributed by atoms with Crippen molar-refractivity contribution in [2.24, 2.45) is 17.0 Å². The van der Waals surface area contributed by atoms with E-state index in [1.807, 2.05) is 6.07 Å². The van der Waals surface area contributed by atoms with Gasteiger partial charge in [0.05, 0.1) is 22.0 Å². The molecule has 4 rings (SSSR count). The molecule has 2 N–H and O–H groups in total. The molecule has 5 heteroatoms. The normalized spacial score (nSPS) is 30.6.